The van der Waals surface area contributed by atoms with Gasteiger partial charge in [0.05, 0.1) is 18.2 Å². The van der Waals surface area contributed by atoms with E-state index in [1.54, 1.807) is 20.8 Å². The molecule has 0 bridgehead atoms. The number of hydrogen-bond donors (Lipinski definition) is 0. The standard InChI is InChI=1S/C12H18F2N2O3/c1-7(11(2,3)19-4)16-9(17)8-5-12(13,14)6-15(8)10(16)18/h7-8H,5-6H2,1-4H3/t7?,8-/m0/s1. The van der Waals surface area contributed by atoms with Crippen LogP contribution in [-0.2, 0) is 9.53 Å². The number of rotatable bonds is 3. The number of carbonyl (C=O) groups excluding carboxylic acids is 2. The molecule has 3 amide bonds. The van der Waals surface area contributed by atoms with Gasteiger partial charge in [-0.1, -0.05) is 0 Å². The van der Waals surface area contributed by atoms with Gasteiger partial charge in [-0.05, 0) is 20.8 Å². The molecule has 2 saturated heterocycles. The van der Waals surface area contributed by atoms with Crippen molar-refractivity contribution in [1.29, 1.82) is 0 Å². The number of imide groups is 1. The van der Waals surface area contributed by atoms with Gasteiger partial charge in [-0.2, -0.15) is 0 Å². The molecule has 0 N–H and O–H groups in total. The average molecular weight is 276 g/mol. The van der Waals surface area contributed by atoms with Gasteiger partial charge in [-0.3, -0.25) is 9.69 Å². The number of amides is 3. The summed E-state index contributed by atoms with van der Waals surface area (Å²) in [5.41, 5.74) is -0.729. The molecule has 19 heavy (non-hydrogen) atoms. The van der Waals surface area contributed by atoms with Gasteiger partial charge in [-0.25, -0.2) is 13.6 Å². The molecule has 0 aromatic carbocycles. The second-order valence-corrected chi connectivity index (χ2v) is 5.68. The molecule has 2 aliphatic heterocycles. The highest BCUT2D eigenvalue weighted by Crippen LogP contribution is 2.38. The molecule has 5 nitrogen and oxygen atoms in total. The third kappa shape index (κ3) is 2.09. The van der Waals surface area contributed by atoms with Crippen LogP contribution in [0.15, 0.2) is 0 Å². The second-order valence-electron chi connectivity index (χ2n) is 5.68. The van der Waals surface area contributed by atoms with Crippen LogP contribution in [0.5, 0.6) is 0 Å². The first-order chi connectivity index (χ1) is 8.60. The van der Waals surface area contributed by atoms with Crippen molar-refractivity contribution in [1.82, 2.24) is 9.80 Å². The Morgan fingerprint density at radius 3 is 2.47 bits per heavy atom. The van der Waals surface area contributed by atoms with E-state index in [-0.39, 0.29) is 0 Å². The van der Waals surface area contributed by atoms with Crippen molar-refractivity contribution in [2.24, 2.45) is 0 Å². The van der Waals surface area contributed by atoms with Crippen LogP contribution in [0.3, 0.4) is 0 Å². The van der Waals surface area contributed by atoms with Gasteiger partial charge in [0.2, 0.25) is 0 Å². The minimum atomic E-state index is -2.97. The smallest absolute Gasteiger partial charge is 0.328 e. The first kappa shape index (κ1) is 14.2. The van der Waals surface area contributed by atoms with Crippen molar-refractivity contribution in [2.75, 3.05) is 13.7 Å². The summed E-state index contributed by atoms with van der Waals surface area (Å²) >= 11 is 0. The highest BCUT2D eigenvalue weighted by Gasteiger charge is 2.59. The number of carbonyl (C=O) groups is 2. The Morgan fingerprint density at radius 2 is 2.00 bits per heavy atom. The Kier molecular flexibility index (Phi) is 3.08. The van der Waals surface area contributed by atoms with E-state index >= 15 is 0 Å². The molecule has 0 aliphatic carbocycles. The minimum absolute atomic E-state index is 0.517. The van der Waals surface area contributed by atoms with E-state index in [1.807, 2.05) is 0 Å². The molecule has 2 heterocycles. The summed E-state index contributed by atoms with van der Waals surface area (Å²) in [6.07, 6.45) is -0.589. The highest BCUT2D eigenvalue weighted by atomic mass is 19.3. The van der Waals surface area contributed by atoms with E-state index in [4.69, 9.17) is 4.74 Å². The molecule has 2 atom stereocenters. The van der Waals surface area contributed by atoms with E-state index in [1.165, 1.54) is 7.11 Å². The van der Waals surface area contributed by atoms with Gasteiger partial charge in [-0.15, -0.1) is 0 Å². The maximum absolute atomic E-state index is 13.3. The summed E-state index contributed by atoms with van der Waals surface area (Å²) in [5, 5.41) is 0. The molecule has 2 aliphatic rings. The molecule has 2 rings (SSSR count). The average Bonchev–Trinajstić information content (AvgIpc) is 2.74. The van der Waals surface area contributed by atoms with E-state index in [9.17, 15) is 18.4 Å². The summed E-state index contributed by atoms with van der Waals surface area (Å²) in [5.74, 6) is -3.53. The number of alkyl halides is 2. The number of urea groups is 1. The predicted molar refractivity (Wildman–Crippen MR) is 62.9 cm³/mol. The van der Waals surface area contributed by atoms with Crippen LogP contribution in [-0.4, -0.2) is 59.0 Å². The van der Waals surface area contributed by atoms with Crippen molar-refractivity contribution in [3.05, 3.63) is 0 Å². The van der Waals surface area contributed by atoms with E-state index < -0.39 is 48.5 Å². The van der Waals surface area contributed by atoms with Crippen LogP contribution in [0, 0.1) is 0 Å². The van der Waals surface area contributed by atoms with Crippen LogP contribution < -0.4 is 0 Å². The Bertz CT molecular complexity index is 399. The fraction of sp³-hybridized carbons (Fsp3) is 0.833. The molecule has 2 fully saturated rings. The lowest BCUT2D eigenvalue weighted by Crippen LogP contribution is -2.52. The molecule has 0 aromatic rings. The van der Waals surface area contributed by atoms with Crippen LogP contribution in [0.25, 0.3) is 0 Å². The lowest BCUT2D eigenvalue weighted by Gasteiger charge is -2.35. The fourth-order valence-electron chi connectivity index (χ4n) is 2.47. The van der Waals surface area contributed by atoms with Crippen LogP contribution in [0.1, 0.15) is 27.2 Å². The third-order valence-corrected chi connectivity index (χ3v) is 4.16. The molecule has 0 aromatic heterocycles. The zero-order valence-electron chi connectivity index (χ0n) is 11.4. The summed E-state index contributed by atoms with van der Waals surface area (Å²) in [7, 11) is 1.48. The molecular formula is C12H18F2N2O3. The summed E-state index contributed by atoms with van der Waals surface area (Å²) in [6.45, 7) is 4.49. The third-order valence-electron chi connectivity index (χ3n) is 4.16. The fourth-order valence-corrected chi connectivity index (χ4v) is 2.47. The Labute approximate surface area is 110 Å². The zero-order valence-corrected chi connectivity index (χ0v) is 11.4. The Hall–Kier alpha value is -1.24. The largest absolute Gasteiger partial charge is 0.377 e. The van der Waals surface area contributed by atoms with E-state index in [0.29, 0.717) is 0 Å². The number of nitrogens with zero attached hydrogens (tertiary/aromatic N) is 2. The van der Waals surface area contributed by atoms with Crippen molar-refractivity contribution in [3.63, 3.8) is 0 Å². The molecular weight excluding hydrogens is 258 g/mol. The number of hydrogen-bond acceptors (Lipinski definition) is 3. The number of methoxy groups -OCH3 is 1. The predicted octanol–water partition coefficient (Wildman–Crippen LogP) is 1.47. The molecule has 0 saturated carbocycles. The first-order valence-electron chi connectivity index (χ1n) is 6.17. The van der Waals surface area contributed by atoms with Crippen LogP contribution in [0.2, 0.25) is 0 Å². The Morgan fingerprint density at radius 1 is 1.42 bits per heavy atom. The zero-order chi connectivity index (χ0) is 14.6. The molecule has 0 radical (unpaired) electrons. The van der Waals surface area contributed by atoms with Crippen molar-refractivity contribution >= 4 is 11.9 Å². The van der Waals surface area contributed by atoms with Crippen molar-refractivity contribution in [2.45, 2.75) is 50.8 Å². The first-order valence-corrected chi connectivity index (χ1v) is 6.17. The van der Waals surface area contributed by atoms with Crippen LogP contribution in [0.4, 0.5) is 13.6 Å². The SMILES string of the molecule is COC(C)(C)C(C)N1C(=O)[C@@H]2CC(F)(F)CN2C1=O. The van der Waals surface area contributed by atoms with Gasteiger partial charge in [0.25, 0.3) is 11.8 Å². The number of fused-ring (bicyclic) bond motifs is 1. The number of halogens is 2. The quantitative estimate of drug-likeness (QED) is 0.733. The molecule has 108 valence electrons. The molecule has 7 heteroatoms. The van der Waals surface area contributed by atoms with Gasteiger partial charge in [0.1, 0.15) is 6.04 Å². The molecule has 0 spiro atoms. The van der Waals surface area contributed by atoms with E-state index in [0.717, 1.165) is 9.80 Å². The van der Waals surface area contributed by atoms with Gasteiger partial charge in [0, 0.05) is 13.5 Å². The lowest BCUT2D eigenvalue weighted by molar-refractivity contribution is -0.134. The van der Waals surface area contributed by atoms with Gasteiger partial charge >= 0.3 is 6.03 Å². The normalized spacial score (nSPS) is 28.0. The summed E-state index contributed by atoms with van der Waals surface area (Å²) < 4.78 is 31.8. The minimum Gasteiger partial charge on any atom is -0.377 e. The Balaban J connectivity index is 2.24. The maximum Gasteiger partial charge on any atom is 0.328 e. The highest BCUT2D eigenvalue weighted by molar-refractivity contribution is 6.05. The monoisotopic (exact) mass is 276 g/mol. The number of ether oxygens (including phenoxy) is 1. The maximum atomic E-state index is 13.3. The summed E-state index contributed by atoms with van der Waals surface area (Å²) in [6, 6.07) is -2.20. The van der Waals surface area contributed by atoms with Crippen LogP contribution >= 0.6 is 0 Å². The molecule has 1 unspecified atom stereocenters. The summed E-state index contributed by atoms with van der Waals surface area (Å²) in [4.78, 5) is 26.3. The van der Waals surface area contributed by atoms with Crippen molar-refractivity contribution in [3.8, 4) is 0 Å². The van der Waals surface area contributed by atoms with Gasteiger partial charge in [0.15, 0.2) is 0 Å². The van der Waals surface area contributed by atoms with Gasteiger partial charge < -0.3 is 9.64 Å². The second kappa shape index (κ2) is 4.13. The lowest BCUT2D eigenvalue weighted by atomic mass is 9.98. The van der Waals surface area contributed by atoms with E-state index in [2.05, 4.69) is 0 Å². The van der Waals surface area contributed by atoms with Crippen molar-refractivity contribution < 1.29 is 23.1 Å². The topological polar surface area (TPSA) is 49.9 Å².